The second-order valence-electron chi connectivity index (χ2n) is 4.86. The lowest BCUT2D eigenvalue weighted by Crippen LogP contribution is -1.84. The summed E-state index contributed by atoms with van der Waals surface area (Å²) in [6.07, 6.45) is 2.34. The van der Waals surface area contributed by atoms with E-state index in [0.29, 0.717) is 0 Å². The first-order valence-corrected chi connectivity index (χ1v) is 7.21. The number of hydrogen-bond acceptors (Lipinski definition) is 0. The molecular weight excluding hydrogens is 228 g/mol. The second-order valence-corrected chi connectivity index (χ2v) is 4.86. The molecule has 0 radical (unpaired) electrons. The smallest absolute Gasteiger partial charge is 0.0103 e. The van der Waals surface area contributed by atoms with Crippen LogP contribution >= 0.6 is 0 Å². The zero-order chi connectivity index (χ0) is 13.7. The van der Waals surface area contributed by atoms with Gasteiger partial charge in [-0.3, -0.25) is 0 Å². The fraction of sp³-hybridized carbons (Fsp3) is 0.263. The minimum Gasteiger partial charge on any atom is -0.0656 e. The highest BCUT2D eigenvalue weighted by Gasteiger charge is 2.02. The third kappa shape index (κ3) is 2.78. The molecule has 98 valence electrons. The lowest BCUT2D eigenvalue weighted by molar-refractivity contribution is 1.09. The van der Waals surface area contributed by atoms with Crippen LogP contribution in [0.5, 0.6) is 0 Å². The van der Waals surface area contributed by atoms with Gasteiger partial charge in [0, 0.05) is 0 Å². The van der Waals surface area contributed by atoms with Crippen LogP contribution < -0.4 is 0 Å². The Morgan fingerprint density at radius 3 is 2.05 bits per heavy atom. The number of benzene rings is 3. The molecule has 0 heteroatoms. The molecule has 0 N–H and O–H groups in total. The molecule has 0 aliphatic heterocycles. The summed E-state index contributed by atoms with van der Waals surface area (Å²) in [5, 5.41) is 5.44. The second kappa shape index (κ2) is 6.38. The van der Waals surface area contributed by atoms with E-state index >= 15 is 0 Å². The Morgan fingerprint density at radius 1 is 0.632 bits per heavy atom. The first kappa shape index (κ1) is 13.6. The molecule has 0 heterocycles. The van der Waals surface area contributed by atoms with E-state index in [9.17, 15) is 0 Å². The average Bonchev–Trinajstić information content (AvgIpc) is 2.47. The van der Waals surface area contributed by atoms with Gasteiger partial charge in [-0.2, -0.15) is 0 Å². The molecule has 19 heavy (non-hydrogen) atoms. The molecule has 0 saturated heterocycles. The molecule has 0 aliphatic carbocycles. The first-order valence-electron chi connectivity index (χ1n) is 7.21. The predicted octanol–water partition coefficient (Wildman–Crippen LogP) is 5.97. The highest BCUT2D eigenvalue weighted by atomic mass is 14.1. The first-order chi connectivity index (χ1) is 9.31. The van der Waals surface area contributed by atoms with Crippen molar-refractivity contribution in [1.82, 2.24) is 0 Å². The molecule has 0 aliphatic rings. The van der Waals surface area contributed by atoms with Crippen LogP contribution in [0.15, 0.2) is 54.6 Å². The van der Waals surface area contributed by atoms with E-state index < -0.39 is 0 Å². The van der Waals surface area contributed by atoms with Crippen molar-refractivity contribution < 1.29 is 0 Å². The van der Waals surface area contributed by atoms with Crippen LogP contribution in [0.3, 0.4) is 0 Å². The largest absolute Gasteiger partial charge is 0.0656 e. The molecule has 3 aromatic rings. The van der Waals surface area contributed by atoms with Gasteiger partial charge in [0.05, 0.1) is 0 Å². The van der Waals surface area contributed by atoms with Crippen molar-refractivity contribution in [3.63, 3.8) is 0 Å². The summed E-state index contributed by atoms with van der Waals surface area (Å²) in [6.45, 7) is 6.46. The van der Waals surface area contributed by atoms with Gasteiger partial charge in [-0.15, -0.1) is 0 Å². The molecule has 0 fully saturated rings. The van der Waals surface area contributed by atoms with Crippen molar-refractivity contribution in [3.8, 4) is 0 Å². The molecule has 0 aromatic heterocycles. The highest BCUT2D eigenvalue weighted by Crippen LogP contribution is 2.27. The van der Waals surface area contributed by atoms with Gasteiger partial charge in [-0.25, -0.2) is 0 Å². The normalized spacial score (nSPS) is 10.3. The van der Waals surface area contributed by atoms with Gasteiger partial charge in [0.2, 0.25) is 0 Å². The molecule has 0 spiro atoms. The van der Waals surface area contributed by atoms with E-state index in [4.69, 9.17) is 0 Å². The standard InChI is InChI=1S/C16H14.C3H8/c1-2-12-7-5-9-16-14-8-4-3-6-13(14)10-11-15(12)16;1-3-2/h3-11H,2H2,1H3;3H2,1-2H3. The van der Waals surface area contributed by atoms with Gasteiger partial charge >= 0.3 is 0 Å². The Bertz CT molecular complexity index is 665. The molecular formula is C19H22. The summed E-state index contributed by atoms with van der Waals surface area (Å²) >= 11 is 0. The summed E-state index contributed by atoms with van der Waals surface area (Å²) in [6, 6.07) is 19.7. The number of fused-ring (bicyclic) bond motifs is 3. The summed E-state index contributed by atoms with van der Waals surface area (Å²) in [5.74, 6) is 0. The summed E-state index contributed by atoms with van der Waals surface area (Å²) in [4.78, 5) is 0. The van der Waals surface area contributed by atoms with Crippen LogP contribution in [0.1, 0.15) is 32.8 Å². The average molecular weight is 250 g/mol. The monoisotopic (exact) mass is 250 g/mol. The highest BCUT2D eigenvalue weighted by molar-refractivity contribution is 6.08. The third-order valence-electron chi connectivity index (χ3n) is 3.26. The molecule has 0 saturated carbocycles. The van der Waals surface area contributed by atoms with Gasteiger partial charge in [0.15, 0.2) is 0 Å². The molecule has 0 nitrogen and oxygen atoms in total. The van der Waals surface area contributed by atoms with Gasteiger partial charge in [-0.05, 0) is 33.5 Å². The maximum Gasteiger partial charge on any atom is -0.0103 e. The van der Waals surface area contributed by atoms with Gasteiger partial charge in [-0.1, -0.05) is 81.8 Å². The summed E-state index contributed by atoms with van der Waals surface area (Å²) in [5.41, 5.74) is 1.43. The molecule has 0 unspecified atom stereocenters. The zero-order valence-electron chi connectivity index (χ0n) is 12.1. The number of aryl methyl sites for hydroxylation is 1. The fourth-order valence-corrected chi connectivity index (χ4v) is 2.41. The van der Waals surface area contributed by atoms with Crippen LogP contribution in [0, 0.1) is 0 Å². The maximum atomic E-state index is 2.25. The quantitative estimate of drug-likeness (QED) is 0.467. The fourth-order valence-electron chi connectivity index (χ4n) is 2.41. The zero-order valence-corrected chi connectivity index (χ0v) is 12.1. The van der Waals surface area contributed by atoms with Crippen molar-refractivity contribution in [2.75, 3.05) is 0 Å². The maximum absolute atomic E-state index is 2.25. The van der Waals surface area contributed by atoms with E-state index in [-0.39, 0.29) is 0 Å². The van der Waals surface area contributed by atoms with Crippen molar-refractivity contribution in [2.24, 2.45) is 0 Å². The van der Waals surface area contributed by atoms with Crippen LogP contribution in [0.2, 0.25) is 0 Å². The van der Waals surface area contributed by atoms with Crippen molar-refractivity contribution in [2.45, 2.75) is 33.6 Å². The van der Waals surface area contributed by atoms with Gasteiger partial charge < -0.3 is 0 Å². The topological polar surface area (TPSA) is 0 Å². The van der Waals surface area contributed by atoms with E-state index in [2.05, 4.69) is 75.4 Å². The number of rotatable bonds is 1. The van der Waals surface area contributed by atoms with Gasteiger partial charge in [0.25, 0.3) is 0 Å². The third-order valence-corrected chi connectivity index (χ3v) is 3.26. The SMILES string of the molecule is CCC.CCc1cccc2c1ccc1ccccc12. The lowest BCUT2D eigenvalue weighted by atomic mass is 9.97. The summed E-state index contributed by atoms with van der Waals surface area (Å²) in [7, 11) is 0. The molecule has 0 atom stereocenters. The number of hydrogen-bond donors (Lipinski definition) is 0. The Labute approximate surface area is 116 Å². The Kier molecular flexibility index (Phi) is 4.57. The predicted molar refractivity (Wildman–Crippen MR) is 86.8 cm³/mol. The van der Waals surface area contributed by atoms with E-state index in [1.165, 1.54) is 33.5 Å². The van der Waals surface area contributed by atoms with Crippen LogP contribution in [0.4, 0.5) is 0 Å². The van der Waals surface area contributed by atoms with Crippen LogP contribution in [-0.4, -0.2) is 0 Å². The Balaban J connectivity index is 0.000000408. The van der Waals surface area contributed by atoms with Crippen LogP contribution in [-0.2, 0) is 6.42 Å². The molecule has 0 bridgehead atoms. The van der Waals surface area contributed by atoms with E-state index in [1.54, 1.807) is 0 Å². The molecule has 3 aromatic carbocycles. The van der Waals surface area contributed by atoms with Crippen molar-refractivity contribution >= 4 is 21.5 Å². The van der Waals surface area contributed by atoms with Gasteiger partial charge in [0.1, 0.15) is 0 Å². The molecule has 0 amide bonds. The van der Waals surface area contributed by atoms with E-state index in [1.807, 2.05) is 0 Å². The Hall–Kier alpha value is -1.82. The minimum atomic E-state index is 1.09. The summed E-state index contributed by atoms with van der Waals surface area (Å²) < 4.78 is 0. The van der Waals surface area contributed by atoms with Crippen molar-refractivity contribution in [1.29, 1.82) is 0 Å². The minimum absolute atomic E-state index is 1.09. The van der Waals surface area contributed by atoms with Crippen LogP contribution in [0.25, 0.3) is 21.5 Å². The molecule has 3 rings (SSSR count). The van der Waals surface area contributed by atoms with Crippen molar-refractivity contribution in [3.05, 3.63) is 60.2 Å². The Morgan fingerprint density at radius 2 is 1.32 bits per heavy atom. The lowest BCUT2D eigenvalue weighted by Gasteiger charge is -2.07. The van der Waals surface area contributed by atoms with E-state index in [0.717, 1.165) is 6.42 Å².